The minimum atomic E-state index is -5.08. The van der Waals surface area contributed by atoms with Gasteiger partial charge in [0.15, 0.2) is 11.5 Å². The van der Waals surface area contributed by atoms with Crippen molar-refractivity contribution in [1.29, 1.82) is 5.26 Å². The lowest BCUT2D eigenvalue weighted by Gasteiger charge is -2.38. The summed E-state index contributed by atoms with van der Waals surface area (Å²) in [6, 6.07) is 3.51. The number of aliphatic carboxylic acids is 1. The molecule has 2 amide bonds. The van der Waals surface area contributed by atoms with E-state index < -0.39 is 35.3 Å². The van der Waals surface area contributed by atoms with Gasteiger partial charge in [-0.05, 0) is 75.6 Å². The Morgan fingerprint density at radius 2 is 1.71 bits per heavy atom. The third kappa shape index (κ3) is 7.66. The Morgan fingerprint density at radius 3 is 2.21 bits per heavy atom. The molecule has 0 spiro atoms. The van der Waals surface area contributed by atoms with Crippen LogP contribution >= 0.6 is 0 Å². The van der Waals surface area contributed by atoms with Crippen molar-refractivity contribution in [2.75, 3.05) is 38.0 Å². The molecule has 2 atom stereocenters. The van der Waals surface area contributed by atoms with Gasteiger partial charge in [-0.15, -0.1) is 0 Å². The molecular formula is C30H34F7N7O4. The molecule has 2 aromatic heterocycles. The third-order valence-corrected chi connectivity index (χ3v) is 9.74. The molecule has 0 bridgehead atoms. The van der Waals surface area contributed by atoms with Crippen LogP contribution in [0.15, 0.2) is 16.8 Å². The summed E-state index contributed by atoms with van der Waals surface area (Å²) in [5.41, 5.74) is -0.702. The summed E-state index contributed by atoms with van der Waals surface area (Å²) < 4.78 is 90.8. The van der Waals surface area contributed by atoms with Crippen LogP contribution in [0.1, 0.15) is 86.7 Å². The molecular weight excluding hydrogens is 655 g/mol. The maximum absolute atomic E-state index is 13.4. The van der Waals surface area contributed by atoms with Crippen molar-refractivity contribution in [3.8, 4) is 6.07 Å². The number of halogens is 7. The van der Waals surface area contributed by atoms with Gasteiger partial charge in [0.25, 0.3) is 0 Å². The zero-order chi connectivity index (χ0) is 35.1. The lowest BCUT2D eigenvalue weighted by Crippen LogP contribution is -2.46. The summed E-state index contributed by atoms with van der Waals surface area (Å²) in [7, 11) is 0. The zero-order valence-electron chi connectivity index (χ0n) is 25.9. The van der Waals surface area contributed by atoms with E-state index >= 15 is 0 Å². The molecule has 6 rings (SSSR count). The van der Waals surface area contributed by atoms with E-state index in [4.69, 9.17) is 14.4 Å². The van der Waals surface area contributed by atoms with E-state index in [0.29, 0.717) is 75.7 Å². The first-order valence-electron chi connectivity index (χ1n) is 15.5. The van der Waals surface area contributed by atoms with Crippen LogP contribution in [0.2, 0.25) is 0 Å². The van der Waals surface area contributed by atoms with Gasteiger partial charge in [-0.25, -0.2) is 19.0 Å². The van der Waals surface area contributed by atoms with Crippen molar-refractivity contribution in [3.63, 3.8) is 0 Å². The summed E-state index contributed by atoms with van der Waals surface area (Å²) in [6.07, 6.45) is -5.42. The lowest BCUT2D eigenvalue weighted by molar-refractivity contribution is -0.193. The minimum absolute atomic E-state index is 0.00911. The lowest BCUT2D eigenvalue weighted by atomic mass is 9.79. The van der Waals surface area contributed by atoms with Crippen LogP contribution in [0, 0.1) is 16.7 Å². The molecule has 2 aliphatic heterocycles. The van der Waals surface area contributed by atoms with Crippen LogP contribution in [0.25, 0.3) is 0 Å². The highest BCUT2D eigenvalue weighted by Gasteiger charge is 2.63. The second-order valence-electron chi connectivity index (χ2n) is 13.2. The molecule has 0 radical (unpaired) electrons. The number of alkyl halides is 7. The first-order chi connectivity index (χ1) is 22.5. The highest BCUT2D eigenvalue weighted by molar-refractivity contribution is 5.91. The summed E-state index contributed by atoms with van der Waals surface area (Å²) in [5, 5.41) is 23.9. The summed E-state index contributed by atoms with van der Waals surface area (Å²) in [4.78, 5) is 34.4. The molecule has 2 saturated carbocycles. The highest BCUT2D eigenvalue weighted by atomic mass is 19.4. The first-order valence-corrected chi connectivity index (χ1v) is 15.5. The molecule has 48 heavy (non-hydrogen) atoms. The monoisotopic (exact) mass is 689 g/mol. The Hall–Kier alpha value is -4.01. The van der Waals surface area contributed by atoms with Crippen LogP contribution in [-0.4, -0.2) is 93.3 Å². The van der Waals surface area contributed by atoms with E-state index in [1.165, 1.54) is 6.20 Å². The molecule has 0 unspecified atom stereocenters. The van der Waals surface area contributed by atoms with Gasteiger partial charge in [-0.1, -0.05) is 12.1 Å². The topological polar surface area (TPSA) is 148 Å². The smallest absolute Gasteiger partial charge is 0.475 e. The maximum atomic E-state index is 13.4. The number of hydrogen-bond donors (Lipinski definition) is 2. The van der Waals surface area contributed by atoms with Crippen LogP contribution in [0.3, 0.4) is 0 Å². The van der Waals surface area contributed by atoms with E-state index in [9.17, 15) is 40.8 Å². The average molecular weight is 690 g/mol. The number of anilines is 1. The van der Waals surface area contributed by atoms with E-state index in [0.717, 1.165) is 5.56 Å². The predicted molar refractivity (Wildman–Crippen MR) is 153 cm³/mol. The van der Waals surface area contributed by atoms with Crippen molar-refractivity contribution in [2.45, 2.75) is 87.6 Å². The molecule has 18 heteroatoms. The van der Waals surface area contributed by atoms with Crippen LogP contribution in [-0.2, 0) is 10.2 Å². The second-order valence-corrected chi connectivity index (χ2v) is 13.2. The van der Waals surface area contributed by atoms with Gasteiger partial charge >= 0.3 is 24.4 Å². The van der Waals surface area contributed by atoms with Gasteiger partial charge in [-0.3, -0.25) is 0 Å². The van der Waals surface area contributed by atoms with Crippen LogP contribution in [0.4, 0.5) is 41.2 Å². The van der Waals surface area contributed by atoms with Gasteiger partial charge in [-0.2, -0.15) is 36.6 Å². The summed E-state index contributed by atoms with van der Waals surface area (Å²) >= 11 is 0. The number of amides is 2. The Morgan fingerprint density at radius 1 is 1.10 bits per heavy atom. The molecule has 4 fully saturated rings. The molecule has 262 valence electrons. The number of rotatable bonds is 6. The first kappa shape index (κ1) is 35.3. The molecule has 2 aliphatic carbocycles. The largest absolute Gasteiger partial charge is 0.490 e. The number of piperidine rings is 2. The van der Waals surface area contributed by atoms with Crippen LogP contribution < -0.4 is 5.32 Å². The van der Waals surface area contributed by atoms with Crippen molar-refractivity contribution in [1.82, 2.24) is 24.9 Å². The second kappa shape index (κ2) is 13.1. The molecule has 2 N–H and O–H groups in total. The number of nitriles is 1. The Labute approximate surface area is 270 Å². The molecule has 2 saturated heterocycles. The minimum Gasteiger partial charge on any atom is -0.475 e. The molecule has 11 nitrogen and oxygen atoms in total. The molecule has 4 aliphatic rings. The van der Waals surface area contributed by atoms with Crippen LogP contribution in [0.5, 0.6) is 0 Å². The molecule has 0 aromatic carbocycles. The number of carbonyl (C=O) groups is 2. The fourth-order valence-electron chi connectivity index (χ4n) is 6.21. The number of urea groups is 1. The van der Waals surface area contributed by atoms with E-state index in [1.807, 2.05) is 11.8 Å². The average Bonchev–Trinajstić information content (AvgIpc) is 3.92. The number of likely N-dealkylation sites (tertiary alicyclic amines) is 2. The standard InChI is InChI=1S/C28H33F4N7O2.C2HF3O2/c1-26(24-36-23(41-37-24)19-14-20(19)29)7-12-39(13-8-26)25(40)35-22-18(2-9-34-21(22)15-33)17-3-10-38(11-4-17)16-27(5-6-27)28(30,31)32;3-2(4,5)1(6)7/h2,9,17,19-20H,3-8,10-14,16H2,1H3,(H,35,40);(H,6,7)/t19-,20+;/m1./s1. The normalized spacial score (nSPS) is 23.8. The van der Waals surface area contributed by atoms with Crippen molar-refractivity contribution < 1.29 is 50.0 Å². The van der Waals surface area contributed by atoms with Crippen molar-refractivity contribution >= 4 is 17.7 Å². The molecule has 2 aromatic rings. The van der Waals surface area contributed by atoms with Gasteiger partial charge in [0.2, 0.25) is 5.89 Å². The Kier molecular flexibility index (Phi) is 9.65. The fourth-order valence-corrected chi connectivity index (χ4v) is 6.21. The fraction of sp³-hybridized carbons (Fsp3) is 0.667. The summed E-state index contributed by atoms with van der Waals surface area (Å²) in [6.45, 7) is 3.94. The predicted octanol–water partition coefficient (Wildman–Crippen LogP) is 5.90. The van der Waals surface area contributed by atoms with Gasteiger partial charge < -0.3 is 24.7 Å². The Balaban J connectivity index is 0.000000582. The number of aromatic nitrogens is 3. The highest BCUT2D eigenvalue weighted by Crippen LogP contribution is 2.58. The maximum Gasteiger partial charge on any atom is 0.490 e. The third-order valence-electron chi connectivity index (χ3n) is 9.74. The van der Waals surface area contributed by atoms with E-state index in [2.05, 4.69) is 26.5 Å². The number of carboxylic acids is 1. The zero-order valence-corrected chi connectivity index (χ0v) is 25.9. The SMILES string of the molecule is CC1(c2noc([C@@H]3C[C@@H]3F)n2)CCN(C(=O)Nc2c(C3CCN(CC4(C(F)(F)F)CC4)CC3)ccnc2C#N)CC1.O=C(O)C(F)(F)F. The number of carbonyl (C=O) groups excluding carboxylic acids is 1. The molecule has 4 heterocycles. The number of pyridine rings is 1. The number of carboxylic acid groups (broad SMARTS) is 1. The number of nitrogens with one attached hydrogen (secondary N) is 1. The van der Waals surface area contributed by atoms with Gasteiger partial charge in [0.1, 0.15) is 12.2 Å². The van der Waals surface area contributed by atoms with E-state index in [1.54, 1.807) is 11.0 Å². The van der Waals surface area contributed by atoms with Gasteiger partial charge in [0.05, 0.1) is 17.0 Å². The Bertz CT molecular complexity index is 1540. The summed E-state index contributed by atoms with van der Waals surface area (Å²) in [5.74, 6) is -2.21. The van der Waals surface area contributed by atoms with Crippen molar-refractivity contribution in [2.24, 2.45) is 5.41 Å². The van der Waals surface area contributed by atoms with Gasteiger partial charge in [0, 0.05) is 31.2 Å². The number of hydrogen-bond acceptors (Lipinski definition) is 8. The number of nitrogens with zero attached hydrogens (tertiary/aromatic N) is 6. The van der Waals surface area contributed by atoms with E-state index in [-0.39, 0.29) is 42.9 Å². The quantitative estimate of drug-likeness (QED) is 0.354. The van der Waals surface area contributed by atoms with Crippen molar-refractivity contribution in [3.05, 3.63) is 35.2 Å².